The molecule has 0 bridgehead atoms. The Morgan fingerprint density at radius 3 is 3.00 bits per heavy atom. The van der Waals surface area contributed by atoms with Crippen molar-refractivity contribution in [1.82, 2.24) is 14.9 Å². The molecule has 0 aliphatic carbocycles. The molecule has 0 aliphatic heterocycles. The van der Waals surface area contributed by atoms with Crippen LogP contribution in [-0.4, -0.2) is 28.2 Å². The van der Waals surface area contributed by atoms with E-state index in [4.69, 9.17) is 4.74 Å². The highest BCUT2D eigenvalue weighted by Gasteiger charge is 2.07. The van der Waals surface area contributed by atoms with Gasteiger partial charge < -0.3 is 14.6 Å². The van der Waals surface area contributed by atoms with E-state index in [1.54, 1.807) is 10.9 Å². The van der Waals surface area contributed by atoms with E-state index < -0.39 is 0 Å². The van der Waals surface area contributed by atoms with Crippen LogP contribution >= 0.6 is 0 Å². The fraction of sp³-hybridized carbons (Fsp3) is 0.667. The number of carbonyl (C=O) groups excluding carboxylic acids is 1. The predicted octanol–water partition coefficient (Wildman–Crippen LogP) is 1.33. The number of rotatable bonds is 7. The van der Waals surface area contributed by atoms with Gasteiger partial charge in [-0.2, -0.15) is 0 Å². The number of ether oxygens (including phenoxy) is 1. The highest BCUT2D eigenvalue weighted by molar-refractivity contribution is 5.69. The van der Waals surface area contributed by atoms with Crippen molar-refractivity contribution in [2.75, 3.05) is 6.54 Å². The van der Waals surface area contributed by atoms with Gasteiger partial charge in [-0.05, 0) is 26.8 Å². The van der Waals surface area contributed by atoms with E-state index in [1.165, 1.54) is 0 Å². The zero-order valence-electron chi connectivity index (χ0n) is 10.8. The Kier molecular flexibility index (Phi) is 5.69. The van der Waals surface area contributed by atoms with Gasteiger partial charge in [0.1, 0.15) is 6.54 Å². The van der Waals surface area contributed by atoms with Gasteiger partial charge in [0.15, 0.2) is 0 Å². The van der Waals surface area contributed by atoms with Crippen LogP contribution in [-0.2, 0) is 22.6 Å². The van der Waals surface area contributed by atoms with E-state index in [1.807, 2.05) is 20.0 Å². The van der Waals surface area contributed by atoms with Crippen molar-refractivity contribution in [2.45, 2.75) is 46.4 Å². The number of imidazole rings is 1. The minimum atomic E-state index is -0.231. The number of hydrogen-bond acceptors (Lipinski definition) is 4. The summed E-state index contributed by atoms with van der Waals surface area (Å²) in [5, 5.41) is 3.26. The minimum Gasteiger partial charge on any atom is -0.462 e. The Hall–Kier alpha value is -1.36. The molecule has 0 spiro atoms. The van der Waals surface area contributed by atoms with Gasteiger partial charge in [0.25, 0.3) is 0 Å². The van der Waals surface area contributed by atoms with Gasteiger partial charge in [0.2, 0.25) is 0 Å². The molecule has 5 nitrogen and oxygen atoms in total. The van der Waals surface area contributed by atoms with Crippen LogP contribution in [0.2, 0.25) is 0 Å². The Labute approximate surface area is 102 Å². The summed E-state index contributed by atoms with van der Waals surface area (Å²) in [7, 11) is 0. The van der Waals surface area contributed by atoms with Crippen LogP contribution in [0.5, 0.6) is 0 Å². The SMILES string of the molecule is CCCNCc1cn(CC(=O)OC(C)C)cn1. The molecule has 96 valence electrons. The van der Waals surface area contributed by atoms with E-state index in [2.05, 4.69) is 17.2 Å². The first-order chi connectivity index (χ1) is 8.11. The Morgan fingerprint density at radius 1 is 1.59 bits per heavy atom. The van der Waals surface area contributed by atoms with E-state index in [0.717, 1.165) is 25.2 Å². The summed E-state index contributed by atoms with van der Waals surface area (Å²) < 4.78 is 6.80. The molecule has 0 saturated heterocycles. The highest BCUT2D eigenvalue weighted by Crippen LogP contribution is 1.98. The molecule has 0 saturated carbocycles. The second-order valence-corrected chi connectivity index (χ2v) is 4.25. The molecule has 1 heterocycles. The van der Waals surface area contributed by atoms with Crippen LogP contribution in [0.1, 0.15) is 32.9 Å². The van der Waals surface area contributed by atoms with Crippen molar-refractivity contribution in [3.8, 4) is 0 Å². The molecule has 0 unspecified atom stereocenters. The highest BCUT2D eigenvalue weighted by atomic mass is 16.5. The maximum atomic E-state index is 11.4. The second kappa shape index (κ2) is 7.06. The van der Waals surface area contributed by atoms with Gasteiger partial charge >= 0.3 is 5.97 Å². The zero-order valence-corrected chi connectivity index (χ0v) is 10.8. The van der Waals surface area contributed by atoms with Crippen LogP contribution in [0.15, 0.2) is 12.5 Å². The summed E-state index contributed by atoms with van der Waals surface area (Å²) in [6.07, 6.45) is 4.55. The van der Waals surface area contributed by atoms with Crippen LogP contribution in [0, 0.1) is 0 Å². The van der Waals surface area contributed by atoms with Gasteiger partial charge in [0.05, 0.1) is 18.1 Å². The maximum absolute atomic E-state index is 11.4. The van der Waals surface area contributed by atoms with Gasteiger partial charge in [-0.1, -0.05) is 6.92 Å². The summed E-state index contributed by atoms with van der Waals surface area (Å²) >= 11 is 0. The first kappa shape index (κ1) is 13.7. The van der Waals surface area contributed by atoms with Crippen LogP contribution in [0.25, 0.3) is 0 Å². The molecule has 0 atom stereocenters. The molecule has 0 aliphatic rings. The average molecular weight is 239 g/mol. The summed E-state index contributed by atoms with van der Waals surface area (Å²) in [5.74, 6) is -0.231. The molecular formula is C12H21N3O2. The van der Waals surface area contributed by atoms with Crippen molar-refractivity contribution < 1.29 is 9.53 Å². The van der Waals surface area contributed by atoms with Crippen LogP contribution < -0.4 is 5.32 Å². The normalized spacial score (nSPS) is 10.8. The largest absolute Gasteiger partial charge is 0.462 e. The van der Waals surface area contributed by atoms with Crippen molar-refractivity contribution >= 4 is 5.97 Å². The molecular weight excluding hydrogens is 218 g/mol. The molecule has 1 aromatic heterocycles. The lowest BCUT2D eigenvalue weighted by Crippen LogP contribution is -2.17. The first-order valence-electron chi connectivity index (χ1n) is 6.02. The molecule has 0 aromatic carbocycles. The Balaban J connectivity index is 2.37. The lowest BCUT2D eigenvalue weighted by molar-refractivity contribution is -0.148. The lowest BCUT2D eigenvalue weighted by atomic mass is 10.4. The molecule has 1 N–H and O–H groups in total. The quantitative estimate of drug-likeness (QED) is 0.576. The second-order valence-electron chi connectivity index (χ2n) is 4.25. The first-order valence-corrected chi connectivity index (χ1v) is 6.02. The molecule has 5 heteroatoms. The minimum absolute atomic E-state index is 0.0725. The molecule has 0 amide bonds. The molecule has 1 rings (SSSR count). The van der Waals surface area contributed by atoms with Crippen molar-refractivity contribution in [3.63, 3.8) is 0 Å². The molecule has 0 fully saturated rings. The van der Waals surface area contributed by atoms with Gasteiger partial charge in [-0.15, -0.1) is 0 Å². The van der Waals surface area contributed by atoms with Crippen LogP contribution in [0.3, 0.4) is 0 Å². The smallest absolute Gasteiger partial charge is 0.326 e. The van der Waals surface area contributed by atoms with E-state index in [9.17, 15) is 4.79 Å². The number of nitrogens with zero attached hydrogens (tertiary/aromatic N) is 2. The fourth-order valence-corrected chi connectivity index (χ4v) is 1.43. The number of carbonyl (C=O) groups is 1. The van der Waals surface area contributed by atoms with Gasteiger partial charge in [0, 0.05) is 12.7 Å². The molecule has 17 heavy (non-hydrogen) atoms. The van der Waals surface area contributed by atoms with Gasteiger partial charge in [-0.25, -0.2) is 4.98 Å². The van der Waals surface area contributed by atoms with Crippen molar-refractivity contribution in [1.29, 1.82) is 0 Å². The van der Waals surface area contributed by atoms with Crippen LogP contribution in [0.4, 0.5) is 0 Å². The maximum Gasteiger partial charge on any atom is 0.326 e. The predicted molar refractivity (Wildman–Crippen MR) is 65.5 cm³/mol. The molecule has 0 radical (unpaired) electrons. The van der Waals surface area contributed by atoms with E-state index in [0.29, 0.717) is 0 Å². The van der Waals surface area contributed by atoms with Crippen molar-refractivity contribution in [3.05, 3.63) is 18.2 Å². The lowest BCUT2D eigenvalue weighted by Gasteiger charge is -2.07. The topological polar surface area (TPSA) is 56.2 Å². The fourth-order valence-electron chi connectivity index (χ4n) is 1.43. The monoisotopic (exact) mass is 239 g/mol. The summed E-state index contributed by atoms with van der Waals surface area (Å²) in [6, 6.07) is 0. The third-order valence-electron chi connectivity index (χ3n) is 2.10. The molecule has 1 aromatic rings. The van der Waals surface area contributed by atoms with Gasteiger partial charge in [-0.3, -0.25) is 4.79 Å². The van der Waals surface area contributed by atoms with E-state index >= 15 is 0 Å². The number of nitrogens with one attached hydrogen (secondary N) is 1. The summed E-state index contributed by atoms with van der Waals surface area (Å²) in [6.45, 7) is 7.73. The number of aromatic nitrogens is 2. The summed E-state index contributed by atoms with van der Waals surface area (Å²) in [5.41, 5.74) is 0.941. The third kappa shape index (κ3) is 5.49. The standard InChI is InChI=1S/C12H21N3O2/c1-4-5-13-6-11-7-15(9-14-11)8-12(16)17-10(2)3/h7,9-10,13H,4-6,8H2,1-3H3. The van der Waals surface area contributed by atoms with Crippen molar-refractivity contribution in [2.24, 2.45) is 0 Å². The van der Waals surface area contributed by atoms with E-state index in [-0.39, 0.29) is 18.6 Å². The Morgan fingerprint density at radius 2 is 2.35 bits per heavy atom. The third-order valence-corrected chi connectivity index (χ3v) is 2.10. The number of hydrogen-bond donors (Lipinski definition) is 1. The Bertz CT molecular complexity index is 347. The number of esters is 1. The average Bonchev–Trinajstić information content (AvgIpc) is 2.64. The summed E-state index contributed by atoms with van der Waals surface area (Å²) in [4.78, 5) is 15.6. The zero-order chi connectivity index (χ0) is 12.7.